The Labute approximate surface area is 266 Å². The average molecular weight is 612 g/mol. The van der Waals surface area contributed by atoms with E-state index in [1.54, 1.807) is 12.1 Å². The highest BCUT2D eigenvalue weighted by Crippen LogP contribution is 2.55. The standard InChI is InChI=1S/C37H45N3O5/c1-26(41)38-21-8-11-32(42)39-23-19-37(20-24-39,29-9-6-5-7-10-29)34(45)40-22-17-31-35(2,3)30(16-18-36(31,4)25-40)27-12-14-28(15-13-27)33(43)44/h5-7,9-10,12-17H,8,11,18-25H2,1-4H3,(H,38,41)(H,43,44)/t36-/m1/s1. The molecular weight excluding hydrogens is 566 g/mol. The fraction of sp³-hybridized carbons (Fsp3) is 0.459. The second-order valence-electron chi connectivity index (χ2n) is 13.6. The van der Waals surface area contributed by atoms with Crippen LogP contribution >= 0.6 is 0 Å². The molecule has 2 N–H and O–H groups in total. The summed E-state index contributed by atoms with van der Waals surface area (Å²) in [6, 6.07) is 17.1. The van der Waals surface area contributed by atoms with Crippen molar-refractivity contribution < 1.29 is 24.3 Å². The zero-order chi connectivity index (χ0) is 32.4. The van der Waals surface area contributed by atoms with Gasteiger partial charge in [-0.3, -0.25) is 14.4 Å². The Morgan fingerprint density at radius 1 is 0.889 bits per heavy atom. The lowest BCUT2D eigenvalue weighted by Gasteiger charge is -2.52. The molecule has 8 heteroatoms. The van der Waals surface area contributed by atoms with Gasteiger partial charge in [-0.1, -0.05) is 81.0 Å². The lowest BCUT2D eigenvalue weighted by molar-refractivity contribution is -0.144. The highest BCUT2D eigenvalue weighted by molar-refractivity contribution is 5.90. The topological polar surface area (TPSA) is 107 Å². The third-order valence-electron chi connectivity index (χ3n) is 10.2. The molecule has 2 aromatic carbocycles. The van der Waals surface area contributed by atoms with Crippen molar-refractivity contribution in [3.8, 4) is 0 Å². The number of carboxylic acids is 1. The van der Waals surface area contributed by atoms with E-state index in [0.29, 0.717) is 58.4 Å². The van der Waals surface area contributed by atoms with Crippen molar-refractivity contribution in [2.75, 3.05) is 32.7 Å². The number of nitrogens with zero attached hydrogens (tertiary/aromatic N) is 2. The van der Waals surface area contributed by atoms with Gasteiger partial charge >= 0.3 is 5.97 Å². The van der Waals surface area contributed by atoms with Gasteiger partial charge in [0.25, 0.3) is 0 Å². The van der Waals surface area contributed by atoms with Crippen molar-refractivity contribution in [3.63, 3.8) is 0 Å². The fourth-order valence-electron chi connectivity index (χ4n) is 7.84. The number of benzene rings is 2. The number of aromatic carboxylic acids is 1. The van der Waals surface area contributed by atoms with Gasteiger partial charge in [0.05, 0.1) is 11.0 Å². The van der Waals surface area contributed by atoms with Gasteiger partial charge in [-0.2, -0.15) is 0 Å². The molecule has 3 amide bonds. The molecular formula is C37H45N3O5. The van der Waals surface area contributed by atoms with Crippen molar-refractivity contribution in [2.24, 2.45) is 10.8 Å². The quantitative estimate of drug-likeness (QED) is 0.305. The van der Waals surface area contributed by atoms with Gasteiger partial charge in [0, 0.05) is 56.9 Å². The highest BCUT2D eigenvalue weighted by atomic mass is 16.4. The van der Waals surface area contributed by atoms with Gasteiger partial charge in [-0.25, -0.2) is 4.79 Å². The third kappa shape index (κ3) is 6.33. The van der Waals surface area contributed by atoms with Crippen LogP contribution in [-0.2, 0) is 19.8 Å². The van der Waals surface area contributed by atoms with Crippen LogP contribution in [0.1, 0.15) is 81.3 Å². The third-order valence-corrected chi connectivity index (χ3v) is 10.2. The summed E-state index contributed by atoms with van der Waals surface area (Å²) in [6.07, 6.45) is 7.40. The van der Waals surface area contributed by atoms with Gasteiger partial charge in [-0.15, -0.1) is 0 Å². The molecule has 2 aromatic rings. The van der Waals surface area contributed by atoms with Crippen molar-refractivity contribution in [3.05, 3.63) is 89.0 Å². The van der Waals surface area contributed by atoms with Crippen LogP contribution in [-0.4, -0.2) is 71.3 Å². The monoisotopic (exact) mass is 611 g/mol. The summed E-state index contributed by atoms with van der Waals surface area (Å²) in [5.41, 5.74) is 3.57. The number of carbonyl (C=O) groups excluding carboxylic acids is 3. The van der Waals surface area contributed by atoms with E-state index in [4.69, 9.17) is 0 Å². The molecule has 45 heavy (non-hydrogen) atoms. The minimum atomic E-state index is -0.935. The maximum atomic E-state index is 14.7. The van der Waals surface area contributed by atoms with E-state index in [-0.39, 0.29) is 34.1 Å². The summed E-state index contributed by atoms with van der Waals surface area (Å²) in [7, 11) is 0. The Kier molecular flexibility index (Phi) is 9.06. The van der Waals surface area contributed by atoms with E-state index in [2.05, 4.69) is 38.2 Å². The zero-order valence-corrected chi connectivity index (χ0v) is 26.9. The summed E-state index contributed by atoms with van der Waals surface area (Å²) in [5.74, 6) is -0.840. The van der Waals surface area contributed by atoms with Gasteiger partial charge in [0.2, 0.25) is 17.7 Å². The Balaban J connectivity index is 1.34. The van der Waals surface area contributed by atoms with Crippen LogP contribution in [0.15, 0.2) is 72.3 Å². The lowest BCUT2D eigenvalue weighted by Crippen LogP contribution is -2.57. The number of nitrogens with one attached hydrogen (secondary N) is 1. The molecule has 0 radical (unpaired) electrons. The molecule has 1 atom stereocenters. The molecule has 5 rings (SSSR count). The molecule has 2 heterocycles. The molecule has 0 saturated carbocycles. The van der Waals surface area contributed by atoms with Crippen LogP contribution < -0.4 is 5.32 Å². The Bertz CT molecular complexity index is 1520. The largest absolute Gasteiger partial charge is 0.478 e. The van der Waals surface area contributed by atoms with Crippen molar-refractivity contribution in [1.29, 1.82) is 0 Å². The average Bonchev–Trinajstić information content (AvgIpc) is 3.02. The number of allylic oxidation sites excluding steroid dienone is 2. The number of amides is 3. The summed E-state index contributed by atoms with van der Waals surface area (Å²) >= 11 is 0. The molecule has 3 aliphatic rings. The van der Waals surface area contributed by atoms with Crippen LogP contribution in [0.25, 0.3) is 5.57 Å². The first-order chi connectivity index (χ1) is 21.4. The molecule has 0 aromatic heterocycles. The van der Waals surface area contributed by atoms with E-state index in [0.717, 1.165) is 17.5 Å². The van der Waals surface area contributed by atoms with Crippen LogP contribution in [0.4, 0.5) is 0 Å². The van der Waals surface area contributed by atoms with E-state index < -0.39 is 11.4 Å². The number of rotatable bonds is 8. The number of likely N-dealkylation sites (tertiary alicyclic amines) is 1. The minimum absolute atomic E-state index is 0.0668. The normalized spacial score (nSPS) is 22.0. The minimum Gasteiger partial charge on any atom is -0.478 e. The first-order valence-electron chi connectivity index (χ1n) is 16.0. The van der Waals surface area contributed by atoms with Crippen LogP contribution in [0.3, 0.4) is 0 Å². The van der Waals surface area contributed by atoms with Crippen LogP contribution in [0, 0.1) is 10.8 Å². The number of hydrogen-bond donors (Lipinski definition) is 2. The number of hydrogen-bond acceptors (Lipinski definition) is 4. The summed E-state index contributed by atoms with van der Waals surface area (Å²) < 4.78 is 0. The first kappa shape index (κ1) is 32.2. The highest BCUT2D eigenvalue weighted by Gasteiger charge is 2.50. The van der Waals surface area contributed by atoms with Crippen molar-refractivity contribution in [1.82, 2.24) is 15.1 Å². The second-order valence-corrected chi connectivity index (χ2v) is 13.6. The van der Waals surface area contributed by atoms with E-state index in [1.807, 2.05) is 52.3 Å². The molecule has 0 unspecified atom stereocenters. The fourth-order valence-corrected chi connectivity index (χ4v) is 7.84. The summed E-state index contributed by atoms with van der Waals surface area (Å²) in [6.45, 7) is 10.8. The number of carbonyl (C=O) groups is 4. The molecule has 238 valence electrons. The molecule has 1 aliphatic carbocycles. The summed E-state index contributed by atoms with van der Waals surface area (Å²) in [4.78, 5) is 54.1. The molecule has 0 spiro atoms. The molecule has 8 nitrogen and oxygen atoms in total. The predicted molar refractivity (Wildman–Crippen MR) is 174 cm³/mol. The van der Waals surface area contributed by atoms with Gasteiger partial charge in [0.1, 0.15) is 0 Å². The van der Waals surface area contributed by atoms with Gasteiger partial charge in [-0.05, 0) is 54.5 Å². The maximum absolute atomic E-state index is 14.7. The number of piperidine rings is 1. The van der Waals surface area contributed by atoms with E-state index >= 15 is 0 Å². The lowest BCUT2D eigenvalue weighted by atomic mass is 9.58. The Morgan fingerprint density at radius 2 is 1.56 bits per heavy atom. The Morgan fingerprint density at radius 3 is 2.18 bits per heavy atom. The van der Waals surface area contributed by atoms with E-state index in [9.17, 15) is 24.3 Å². The zero-order valence-electron chi connectivity index (χ0n) is 26.9. The Hall–Kier alpha value is -4.20. The van der Waals surface area contributed by atoms with Crippen molar-refractivity contribution >= 4 is 29.3 Å². The van der Waals surface area contributed by atoms with Crippen LogP contribution in [0.2, 0.25) is 0 Å². The predicted octanol–water partition coefficient (Wildman–Crippen LogP) is 5.45. The molecule has 1 fully saturated rings. The van der Waals surface area contributed by atoms with Crippen LogP contribution in [0.5, 0.6) is 0 Å². The molecule has 2 aliphatic heterocycles. The number of fused-ring (bicyclic) bond motifs is 1. The van der Waals surface area contributed by atoms with Crippen molar-refractivity contribution in [2.45, 2.75) is 65.2 Å². The number of carboxylic acid groups (broad SMARTS) is 1. The summed E-state index contributed by atoms with van der Waals surface area (Å²) in [5, 5.41) is 12.1. The molecule has 1 saturated heterocycles. The smallest absolute Gasteiger partial charge is 0.335 e. The van der Waals surface area contributed by atoms with E-state index in [1.165, 1.54) is 18.1 Å². The van der Waals surface area contributed by atoms with Gasteiger partial charge in [0.15, 0.2) is 0 Å². The molecule has 0 bridgehead atoms. The second kappa shape index (κ2) is 12.7. The first-order valence-corrected chi connectivity index (χ1v) is 16.0. The maximum Gasteiger partial charge on any atom is 0.335 e. The van der Waals surface area contributed by atoms with Gasteiger partial charge < -0.3 is 20.2 Å². The SMILES string of the molecule is CC(=O)NCCCC(=O)N1CCC(C(=O)N2CC=C3C(C)(C)C(c4ccc(C(=O)O)cc4)=CC[C@]3(C)C2)(c2ccccc2)CC1.